The number of aliphatic hydroxyl groups is 2. The molecule has 2 unspecified atom stereocenters. The summed E-state index contributed by atoms with van der Waals surface area (Å²) in [5.41, 5.74) is 1.21. The van der Waals surface area contributed by atoms with Crippen molar-refractivity contribution in [1.82, 2.24) is 10.3 Å². The molecule has 0 saturated heterocycles. The molecule has 1 aromatic carbocycles. The second-order valence-electron chi connectivity index (χ2n) is 4.71. The number of carbonyl (C=O) groups excluding carboxylic acids is 1. The summed E-state index contributed by atoms with van der Waals surface area (Å²) in [6.45, 7) is 0.0108. The Morgan fingerprint density at radius 2 is 1.86 bits per heavy atom. The number of nitrogens with zero attached hydrogens (tertiary/aromatic N) is 1. The van der Waals surface area contributed by atoms with Crippen molar-refractivity contribution in [3.05, 3.63) is 66.0 Å². The Kier molecular flexibility index (Phi) is 5.88. The first-order valence-corrected chi connectivity index (χ1v) is 6.88. The van der Waals surface area contributed by atoms with Crippen molar-refractivity contribution >= 4 is 6.09 Å². The van der Waals surface area contributed by atoms with Gasteiger partial charge in [-0.2, -0.15) is 0 Å². The number of hydrogen-bond acceptors (Lipinski definition) is 5. The van der Waals surface area contributed by atoms with E-state index in [9.17, 15) is 15.0 Å². The molecule has 0 aliphatic rings. The van der Waals surface area contributed by atoms with Crippen LogP contribution in [0.15, 0.2) is 54.7 Å². The number of carbonyl (C=O) groups is 1. The minimum Gasteiger partial charge on any atom is -0.445 e. The van der Waals surface area contributed by atoms with Gasteiger partial charge in [0.2, 0.25) is 0 Å². The number of benzene rings is 1. The monoisotopic (exact) mass is 302 g/mol. The molecule has 22 heavy (non-hydrogen) atoms. The van der Waals surface area contributed by atoms with E-state index in [0.717, 1.165) is 5.56 Å². The van der Waals surface area contributed by atoms with Gasteiger partial charge in [-0.15, -0.1) is 0 Å². The second kappa shape index (κ2) is 8.11. The van der Waals surface area contributed by atoms with Crippen LogP contribution >= 0.6 is 0 Å². The molecule has 1 amide bonds. The summed E-state index contributed by atoms with van der Waals surface area (Å²) in [6, 6.07) is 14.3. The first-order valence-electron chi connectivity index (χ1n) is 6.88. The third-order valence-electron chi connectivity index (χ3n) is 3.02. The molecule has 0 aliphatic heterocycles. The minimum absolute atomic E-state index is 0.134. The number of nitrogens with one attached hydrogen (secondary N) is 1. The van der Waals surface area contributed by atoms with Crippen LogP contribution in [0, 0.1) is 0 Å². The molecule has 116 valence electrons. The number of aliphatic hydroxyl groups excluding tert-OH is 2. The summed E-state index contributed by atoms with van der Waals surface area (Å²) in [5.74, 6) is 0. The zero-order chi connectivity index (χ0) is 15.8. The maximum absolute atomic E-state index is 11.5. The van der Waals surface area contributed by atoms with Gasteiger partial charge in [0, 0.05) is 12.7 Å². The van der Waals surface area contributed by atoms with Crippen molar-refractivity contribution in [3.63, 3.8) is 0 Å². The van der Waals surface area contributed by atoms with Gasteiger partial charge in [-0.25, -0.2) is 4.79 Å². The van der Waals surface area contributed by atoms with Crippen LogP contribution < -0.4 is 5.32 Å². The van der Waals surface area contributed by atoms with Crippen molar-refractivity contribution in [2.24, 2.45) is 0 Å². The summed E-state index contributed by atoms with van der Waals surface area (Å²) in [7, 11) is 0. The Hall–Kier alpha value is -2.44. The van der Waals surface area contributed by atoms with E-state index in [1.807, 2.05) is 30.3 Å². The lowest BCUT2D eigenvalue weighted by atomic mass is 10.1. The van der Waals surface area contributed by atoms with Crippen LogP contribution in [-0.2, 0) is 11.3 Å². The zero-order valence-electron chi connectivity index (χ0n) is 11.9. The van der Waals surface area contributed by atoms with Gasteiger partial charge in [0.25, 0.3) is 0 Å². The molecule has 2 aromatic rings. The topological polar surface area (TPSA) is 91.7 Å². The Morgan fingerprint density at radius 1 is 1.14 bits per heavy atom. The Bertz CT molecular complexity index is 577. The maximum atomic E-state index is 11.5. The fourth-order valence-electron chi connectivity index (χ4n) is 1.82. The fourth-order valence-corrected chi connectivity index (χ4v) is 1.82. The quantitative estimate of drug-likeness (QED) is 0.750. The van der Waals surface area contributed by atoms with Crippen molar-refractivity contribution in [3.8, 4) is 0 Å². The van der Waals surface area contributed by atoms with Crippen LogP contribution in [0.3, 0.4) is 0 Å². The molecule has 6 nitrogen and oxygen atoms in total. The highest BCUT2D eigenvalue weighted by Crippen LogP contribution is 2.13. The molecule has 0 aliphatic carbocycles. The highest BCUT2D eigenvalue weighted by Gasteiger charge is 2.20. The van der Waals surface area contributed by atoms with E-state index < -0.39 is 18.3 Å². The number of ether oxygens (including phenoxy) is 1. The molecule has 1 aromatic heterocycles. The van der Waals surface area contributed by atoms with Crippen LogP contribution in [0.25, 0.3) is 0 Å². The molecule has 0 bridgehead atoms. The molecular formula is C16H18N2O4. The van der Waals surface area contributed by atoms with Gasteiger partial charge in [0.1, 0.15) is 18.8 Å². The highest BCUT2D eigenvalue weighted by atomic mass is 16.5. The van der Waals surface area contributed by atoms with Gasteiger partial charge in [0.15, 0.2) is 0 Å². The van der Waals surface area contributed by atoms with Crippen LogP contribution in [0.2, 0.25) is 0 Å². The minimum atomic E-state index is -1.17. The molecular weight excluding hydrogens is 284 g/mol. The third kappa shape index (κ3) is 4.83. The number of alkyl carbamates (subject to hydrolysis) is 1. The SMILES string of the molecule is O=C(NCC(O)C(O)c1ccccn1)OCc1ccccc1. The maximum Gasteiger partial charge on any atom is 0.407 e. The number of aromatic nitrogens is 1. The number of rotatable bonds is 6. The molecule has 0 fully saturated rings. The first-order chi connectivity index (χ1) is 10.7. The number of pyridine rings is 1. The molecule has 6 heteroatoms. The fraction of sp³-hybridized carbons (Fsp3) is 0.250. The van der Waals surface area contributed by atoms with E-state index in [4.69, 9.17) is 4.74 Å². The molecule has 2 atom stereocenters. The Morgan fingerprint density at radius 3 is 2.55 bits per heavy atom. The molecule has 0 saturated carbocycles. The lowest BCUT2D eigenvalue weighted by molar-refractivity contribution is 0.0159. The summed E-state index contributed by atoms with van der Waals surface area (Å²) in [4.78, 5) is 15.5. The molecule has 0 spiro atoms. The van der Waals surface area contributed by atoms with Crippen molar-refractivity contribution in [2.45, 2.75) is 18.8 Å². The average Bonchev–Trinajstić information content (AvgIpc) is 2.58. The van der Waals surface area contributed by atoms with Crippen LogP contribution in [0.4, 0.5) is 4.79 Å². The predicted molar refractivity (Wildman–Crippen MR) is 79.8 cm³/mol. The van der Waals surface area contributed by atoms with Gasteiger partial charge in [0.05, 0.1) is 5.69 Å². The van der Waals surface area contributed by atoms with E-state index in [1.54, 1.807) is 18.2 Å². The summed E-state index contributed by atoms with van der Waals surface area (Å²) >= 11 is 0. The van der Waals surface area contributed by atoms with E-state index in [-0.39, 0.29) is 13.2 Å². The zero-order valence-corrected chi connectivity index (χ0v) is 11.9. The van der Waals surface area contributed by atoms with Gasteiger partial charge in [-0.1, -0.05) is 36.4 Å². The third-order valence-corrected chi connectivity index (χ3v) is 3.02. The van der Waals surface area contributed by atoms with Crippen molar-refractivity contribution < 1.29 is 19.7 Å². The molecule has 3 N–H and O–H groups in total. The van der Waals surface area contributed by atoms with Gasteiger partial charge >= 0.3 is 6.09 Å². The Balaban J connectivity index is 1.74. The lowest BCUT2D eigenvalue weighted by Crippen LogP contribution is -2.36. The van der Waals surface area contributed by atoms with E-state index in [0.29, 0.717) is 5.69 Å². The normalized spacial score (nSPS) is 13.2. The van der Waals surface area contributed by atoms with Crippen LogP contribution in [-0.4, -0.2) is 33.9 Å². The average molecular weight is 302 g/mol. The number of hydrogen-bond donors (Lipinski definition) is 3. The van der Waals surface area contributed by atoms with E-state index in [2.05, 4.69) is 10.3 Å². The van der Waals surface area contributed by atoms with Crippen molar-refractivity contribution in [1.29, 1.82) is 0 Å². The van der Waals surface area contributed by atoms with Gasteiger partial charge in [-0.05, 0) is 17.7 Å². The van der Waals surface area contributed by atoms with Gasteiger partial charge < -0.3 is 20.3 Å². The molecule has 0 radical (unpaired) electrons. The smallest absolute Gasteiger partial charge is 0.407 e. The Labute approximate surface area is 128 Å². The van der Waals surface area contributed by atoms with Gasteiger partial charge in [-0.3, -0.25) is 4.98 Å². The second-order valence-corrected chi connectivity index (χ2v) is 4.71. The summed E-state index contributed by atoms with van der Waals surface area (Å²) in [5, 5.41) is 22.2. The van der Waals surface area contributed by atoms with E-state index >= 15 is 0 Å². The van der Waals surface area contributed by atoms with Crippen LogP contribution in [0.5, 0.6) is 0 Å². The predicted octanol–water partition coefficient (Wildman–Crippen LogP) is 1.40. The summed E-state index contributed by atoms with van der Waals surface area (Å²) < 4.78 is 5.01. The lowest BCUT2D eigenvalue weighted by Gasteiger charge is -2.17. The molecule has 1 heterocycles. The standard InChI is InChI=1S/C16H18N2O4/c19-14(15(20)13-8-4-5-9-17-13)10-18-16(21)22-11-12-6-2-1-3-7-12/h1-9,14-15,19-20H,10-11H2,(H,18,21). The highest BCUT2D eigenvalue weighted by molar-refractivity contribution is 5.67. The van der Waals surface area contributed by atoms with Crippen LogP contribution in [0.1, 0.15) is 17.4 Å². The van der Waals surface area contributed by atoms with Crippen molar-refractivity contribution in [2.75, 3.05) is 6.54 Å². The molecule has 2 rings (SSSR count). The number of amides is 1. The summed E-state index contributed by atoms with van der Waals surface area (Å²) in [6.07, 6.45) is -1.47. The first kappa shape index (κ1) is 15.9. The van der Waals surface area contributed by atoms with E-state index in [1.165, 1.54) is 6.20 Å². The largest absolute Gasteiger partial charge is 0.445 e.